The van der Waals surface area contributed by atoms with E-state index in [-0.39, 0.29) is 0 Å². The molecule has 3 heteroatoms. The molecule has 1 aromatic carbocycles. The Morgan fingerprint density at radius 3 is 3.20 bits per heavy atom. The quantitative estimate of drug-likeness (QED) is 0.728. The molecule has 0 radical (unpaired) electrons. The molecule has 0 N–H and O–H groups in total. The van der Waals surface area contributed by atoms with E-state index in [9.17, 15) is 0 Å². The second kappa shape index (κ2) is 3.49. The van der Waals surface area contributed by atoms with Gasteiger partial charge in [0, 0.05) is 15.4 Å². The standard InChI is InChI=1S/C12H10BrNO/c13-10-4-1-5-11-9(10)7-8-3-2-6-15-12(8)14-11/h1,4-5,7H,2-3,6H2. The Hall–Kier alpha value is -1.09. The molecule has 0 aliphatic carbocycles. The van der Waals surface area contributed by atoms with Gasteiger partial charge in [-0.3, -0.25) is 0 Å². The summed E-state index contributed by atoms with van der Waals surface area (Å²) < 4.78 is 6.64. The minimum absolute atomic E-state index is 0.791. The average molecular weight is 264 g/mol. The summed E-state index contributed by atoms with van der Waals surface area (Å²) in [7, 11) is 0. The zero-order valence-electron chi connectivity index (χ0n) is 8.16. The van der Waals surface area contributed by atoms with E-state index in [2.05, 4.69) is 27.0 Å². The summed E-state index contributed by atoms with van der Waals surface area (Å²) in [4.78, 5) is 4.52. The number of fused-ring (bicyclic) bond motifs is 2. The van der Waals surface area contributed by atoms with E-state index in [1.165, 1.54) is 10.9 Å². The number of benzene rings is 1. The highest BCUT2D eigenvalue weighted by atomic mass is 79.9. The van der Waals surface area contributed by atoms with E-state index in [1.54, 1.807) is 0 Å². The summed E-state index contributed by atoms with van der Waals surface area (Å²) in [5.41, 5.74) is 2.21. The summed E-state index contributed by atoms with van der Waals surface area (Å²) in [6.07, 6.45) is 2.16. The molecule has 0 amide bonds. The Kier molecular flexibility index (Phi) is 2.13. The van der Waals surface area contributed by atoms with Crippen LogP contribution in [0.5, 0.6) is 5.88 Å². The second-order valence-corrected chi connectivity index (χ2v) is 4.57. The molecule has 0 atom stereocenters. The third-order valence-corrected chi connectivity index (χ3v) is 3.37. The van der Waals surface area contributed by atoms with Crippen molar-refractivity contribution in [2.75, 3.05) is 6.61 Å². The Morgan fingerprint density at radius 2 is 2.27 bits per heavy atom. The van der Waals surface area contributed by atoms with Gasteiger partial charge in [0.1, 0.15) is 0 Å². The third-order valence-electron chi connectivity index (χ3n) is 2.67. The molecule has 2 heterocycles. The molecule has 2 nitrogen and oxygen atoms in total. The molecule has 0 unspecified atom stereocenters. The molecule has 15 heavy (non-hydrogen) atoms. The van der Waals surface area contributed by atoms with Gasteiger partial charge < -0.3 is 4.74 Å². The molecule has 1 aliphatic heterocycles. The SMILES string of the molecule is Brc1cccc2nc3c(cc12)CCCO3. The van der Waals surface area contributed by atoms with Crippen molar-refractivity contribution in [1.29, 1.82) is 0 Å². The molecule has 76 valence electrons. The molecule has 0 bridgehead atoms. The van der Waals surface area contributed by atoms with Gasteiger partial charge in [0.25, 0.3) is 0 Å². The van der Waals surface area contributed by atoms with Crippen LogP contribution in [0.2, 0.25) is 0 Å². The molecule has 0 saturated carbocycles. The molecule has 3 rings (SSSR count). The lowest BCUT2D eigenvalue weighted by Crippen LogP contribution is -2.09. The third kappa shape index (κ3) is 1.51. The number of nitrogens with zero attached hydrogens (tertiary/aromatic N) is 1. The van der Waals surface area contributed by atoms with Crippen molar-refractivity contribution in [3.63, 3.8) is 0 Å². The van der Waals surface area contributed by atoms with Crippen LogP contribution in [-0.4, -0.2) is 11.6 Å². The van der Waals surface area contributed by atoms with E-state index in [0.717, 1.165) is 35.3 Å². The van der Waals surface area contributed by atoms with Gasteiger partial charge >= 0.3 is 0 Å². The van der Waals surface area contributed by atoms with E-state index < -0.39 is 0 Å². The fourth-order valence-electron chi connectivity index (χ4n) is 1.92. The number of halogens is 1. The normalized spacial score (nSPS) is 14.7. The van der Waals surface area contributed by atoms with Gasteiger partial charge in [-0.2, -0.15) is 0 Å². The summed E-state index contributed by atoms with van der Waals surface area (Å²) in [6.45, 7) is 0.791. The number of aromatic nitrogens is 1. The Balaban J connectivity index is 2.31. The van der Waals surface area contributed by atoms with Gasteiger partial charge in [-0.1, -0.05) is 22.0 Å². The summed E-state index contributed by atoms with van der Waals surface area (Å²) in [6, 6.07) is 8.23. The molecule has 0 spiro atoms. The first-order valence-corrected chi connectivity index (χ1v) is 5.85. The van der Waals surface area contributed by atoms with E-state index >= 15 is 0 Å². The predicted octanol–water partition coefficient (Wildman–Crippen LogP) is 3.32. The molecule has 0 fully saturated rings. The minimum atomic E-state index is 0.791. The predicted molar refractivity (Wildman–Crippen MR) is 63.3 cm³/mol. The van der Waals surface area contributed by atoms with Gasteiger partial charge in [0.05, 0.1) is 12.1 Å². The van der Waals surface area contributed by atoms with Gasteiger partial charge in [0.2, 0.25) is 5.88 Å². The molecule has 0 saturated heterocycles. The monoisotopic (exact) mass is 263 g/mol. The van der Waals surface area contributed by atoms with E-state index in [1.807, 2.05) is 18.2 Å². The van der Waals surface area contributed by atoms with Crippen LogP contribution in [0.15, 0.2) is 28.7 Å². The van der Waals surface area contributed by atoms with Crippen molar-refractivity contribution in [1.82, 2.24) is 4.98 Å². The van der Waals surface area contributed by atoms with Crippen molar-refractivity contribution < 1.29 is 4.74 Å². The van der Waals surface area contributed by atoms with Crippen molar-refractivity contribution in [2.45, 2.75) is 12.8 Å². The van der Waals surface area contributed by atoms with Gasteiger partial charge in [-0.05, 0) is 31.0 Å². The first-order chi connectivity index (χ1) is 7.34. The van der Waals surface area contributed by atoms with Crippen LogP contribution in [0.3, 0.4) is 0 Å². The maximum absolute atomic E-state index is 5.54. The van der Waals surface area contributed by atoms with Crippen molar-refractivity contribution in [3.05, 3.63) is 34.3 Å². The Morgan fingerprint density at radius 1 is 1.33 bits per heavy atom. The van der Waals surface area contributed by atoms with Crippen LogP contribution in [0.1, 0.15) is 12.0 Å². The lowest BCUT2D eigenvalue weighted by atomic mass is 10.1. The van der Waals surface area contributed by atoms with Crippen molar-refractivity contribution >= 4 is 26.8 Å². The first-order valence-electron chi connectivity index (χ1n) is 5.05. The smallest absolute Gasteiger partial charge is 0.217 e. The highest BCUT2D eigenvalue weighted by molar-refractivity contribution is 9.10. The topological polar surface area (TPSA) is 22.1 Å². The highest BCUT2D eigenvalue weighted by Crippen LogP contribution is 2.30. The number of ether oxygens (including phenoxy) is 1. The largest absolute Gasteiger partial charge is 0.477 e. The number of rotatable bonds is 0. The number of hydrogen-bond donors (Lipinski definition) is 0. The number of aryl methyl sites for hydroxylation is 1. The van der Waals surface area contributed by atoms with Crippen LogP contribution < -0.4 is 4.74 Å². The maximum Gasteiger partial charge on any atom is 0.217 e. The van der Waals surface area contributed by atoms with Crippen LogP contribution in [0, 0.1) is 0 Å². The summed E-state index contributed by atoms with van der Waals surface area (Å²) >= 11 is 3.54. The fourth-order valence-corrected chi connectivity index (χ4v) is 2.39. The maximum atomic E-state index is 5.54. The van der Waals surface area contributed by atoms with Crippen LogP contribution >= 0.6 is 15.9 Å². The molecular weight excluding hydrogens is 254 g/mol. The second-order valence-electron chi connectivity index (χ2n) is 3.71. The molecule has 1 aromatic heterocycles. The summed E-state index contributed by atoms with van der Waals surface area (Å²) in [5.74, 6) is 0.812. The Bertz CT molecular complexity index is 524. The van der Waals surface area contributed by atoms with Crippen molar-refractivity contribution in [2.24, 2.45) is 0 Å². The number of hydrogen-bond acceptors (Lipinski definition) is 2. The first kappa shape index (κ1) is 9.16. The minimum Gasteiger partial charge on any atom is -0.477 e. The highest BCUT2D eigenvalue weighted by Gasteiger charge is 2.13. The summed E-state index contributed by atoms with van der Waals surface area (Å²) in [5, 5.41) is 1.17. The van der Waals surface area contributed by atoms with Gasteiger partial charge in [0.15, 0.2) is 0 Å². The van der Waals surface area contributed by atoms with E-state index in [4.69, 9.17) is 4.74 Å². The molecule has 2 aromatic rings. The molecule has 1 aliphatic rings. The molecular formula is C12H10BrNO. The zero-order valence-corrected chi connectivity index (χ0v) is 9.75. The Labute approximate surface area is 96.4 Å². The zero-order chi connectivity index (χ0) is 10.3. The van der Waals surface area contributed by atoms with Crippen molar-refractivity contribution in [3.8, 4) is 5.88 Å². The number of pyridine rings is 1. The van der Waals surface area contributed by atoms with Crippen LogP contribution in [0.4, 0.5) is 0 Å². The lowest BCUT2D eigenvalue weighted by molar-refractivity contribution is 0.277. The van der Waals surface area contributed by atoms with E-state index in [0.29, 0.717) is 0 Å². The van der Waals surface area contributed by atoms with Gasteiger partial charge in [-0.25, -0.2) is 4.98 Å². The van der Waals surface area contributed by atoms with Gasteiger partial charge in [-0.15, -0.1) is 0 Å². The van der Waals surface area contributed by atoms with Crippen LogP contribution in [0.25, 0.3) is 10.9 Å². The van der Waals surface area contributed by atoms with Crippen LogP contribution in [-0.2, 0) is 6.42 Å². The average Bonchev–Trinajstić information content (AvgIpc) is 2.27. The fraction of sp³-hybridized carbons (Fsp3) is 0.250. The lowest BCUT2D eigenvalue weighted by Gasteiger charge is -2.16.